The van der Waals surface area contributed by atoms with E-state index in [9.17, 15) is 14.9 Å². The summed E-state index contributed by atoms with van der Waals surface area (Å²) >= 11 is 0. The van der Waals surface area contributed by atoms with E-state index in [2.05, 4.69) is 5.32 Å². The average molecular weight is 378 g/mol. The lowest BCUT2D eigenvalue weighted by molar-refractivity contribution is -0.384. The van der Waals surface area contributed by atoms with Crippen LogP contribution in [0, 0.1) is 10.1 Å². The van der Waals surface area contributed by atoms with Crippen molar-refractivity contribution in [1.29, 1.82) is 0 Å². The van der Waals surface area contributed by atoms with Gasteiger partial charge >= 0.3 is 0 Å². The first-order valence-corrected chi connectivity index (χ1v) is 8.47. The molecule has 142 valence electrons. The van der Waals surface area contributed by atoms with E-state index in [1.165, 1.54) is 25.3 Å². The molecule has 0 atom stereocenters. The fourth-order valence-corrected chi connectivity index (χ4v) is 2.57. The number of carbonyl (C=O) groups is 1. The molecule has 7 nitrogen and oxygen atoms in total. The summed E-state index contributed by atoms with van der Waals surface area (Å²) in [6, 6.07) is 20.4. The zero-order valence-corrected chi connectivity index (χ0v) is 15.1. The van der Waals surface area contributed by atoms with Gasteiger partial charge in [0.25, 0.3) is 11.6 Å². The number of rotatable bonds is 7. The second-order valence-corrected chi connectivity index (χ2v) is 5.90. The van der Waals surface area contributed by atoms with Crippen molar-refractivity contribution < 1.29 is 19.2 Å². The standard InChI is InChI=1S/C21H18N2O5/c1-27-20-11-10-17(23(25)26)13-19(20)22-21(24)16-8-5-9-18(12-16)28-14-15-6-3-2-4-7-15/h2-13H,14H2,1H3,(H,22,24). The van der Waals surface area contributed by atoms with Crippen molar-refractivity contribution in [3.8, 4) is 11.5 Å². The molecule has 0 aliphatic heterocycles. The van der Waals surface area contributed by atoms with Gasteiger partial charge in [0.2, 0.25) is 0 Å². The number of benzene rings is 3. The monoisotopic (exact) mass is 378 g/mol. The number of nitro benzene ring substituents is 1. The fourth-order valence-electron chi connectivity index (χ4n) is 2.57. The molecule has 28 heavy (non-hydrogen) atoms. The number of nitrogens with one attached hydrogen (secondary N) is 1. The van der Waals surface area contributed by atoms with E-state index in [0.29, 0.717) is 23.7 Å². The maximum absolute atomic E-state index is 12.6. The number of hydrogen-bond donors (Lipinski definition) is 1. The molecule has 7 heteroatoms. The minimum absolute atomic E-state index is 0.143. The lowest BCUT2D eigenvalue weighted by atomic mass is 10.2. The number of ether oxygens (including phenoxy) is 2. The van der Waals surface area contributed by atoms with Crippen molar-refractivity contribution in [2.75, 3.05) is 12.4 Å². The van der Waals surface area contributed by atoms with Gasteiger partial charge in [-0.1, -0.05) is 36.4 Å². The predicted octanol–water partition coefficient (Wildman–Crippen LogP) is 4.43. The van der Waals surface area contributed by atoms with Crippen LogP contribution in [0.2, 0.25) is 0 Å². The Morgan fingerprint density at radius 3 is 2.54 bits per heavy atom. The molecule has 0 saturated heterocycles. The summed E-state index contributed by atoms with van der Waals surface area (Å²) in [5.41, 5.74) is 1.45. The highest BCUT2D eigenvalue weighted by molar-refractivity contribution is 6.05. The molecule has 1 amide bonds. The summed E-state index contributed by atoms with van der Waals surface area (Å²) in [6.45, 7) is 0.380. The Kier molecular flexibility index (Phi) is 5.86. The quantitative estimate of drug-likeness (QED) is 0.485. The van der Waals surface area contributed by atoms with Crippen molar-refractivity contribution in [2.45, 2.75) is 6.61 Å². The molecule has 3 aromatic rings. The van der Waals surface area contributed by atoms with Gasteiger partial charge in [-0.2, -0.15) is 0 Å². The van der Waals surface area contributed by atoms with E-state index < -0.39 is 10.8 Å². The number of non-ortho nitro benzene ring substituents is 1. The van der Waals surface area contributed by atoms with Crippen LogP contribution in [-0.2, 0) is 6.61 Å². The molecule has 0 aliphatic rings. The second kappa shape index (κ2) is 8.68. The molecular weight excluding hydrogens is 360 g/mol. The summed E-state index contributed by atoms with van der Waals surface area (Å²) in [5.74, 6) is 0.446. The zero-order valence-electron chi connectivity index (χ0n) is 15.1. The Labute approximate surface area is 161 Å². The van der Waals surface area contributed by atoms with Crippen LogP contribution in [0.4, 0.5) is 11.4 Å². The second-order valence-electron chi connectivity index (χ2n) is 5.90. The Hall–Kier alpha value is -3.87. The summed E-state index contributed by atoms with van der Waals surface area (Å²) < 4.78 is 10.9. The Bertz CT molecular complexity index is 989. The van der Waals surface area contributed by atoms with Crippen molar-refractivity contribution in [1.82, 2.24) is 0 Å². The van der Waals surface area contributed by atoms with Crippen LogP contribution in [-0.4, -0.2) is 17.9 Å². The SMILES string of the molecule is COc1ccc([N+](=O)[O-])cc1NC(=O)c1cccc(OCc2ccccc2)c1. The van der Waals surface area contributed by atoms with Crippen LogP contribution in [0.15, 0.2) is 72.8 Å². The lowest BCUT2D eigenvalue weighted by Crippen LogP contribution is -2.13. The number of nitro groups is 1. The fraction of sp³-hybridized carbons (Fsp3) is 0.0952. The highest BCUT2D eigenvalue weighted by atomic mass is 16.6. The van der Waals surface area contributed by atoms with E-state index >= 15 is 0 Å². The van der Waals surface area contributed by atoms with Crippen LogP contribution in [0.25, 0.3) is 0 Å². The van der Waals surface area contributed by atoms with Crippen LogP contribution in [0.1, 0.15) is 15.9 Å². The van der Waals surface area contributed by atoms with Gasteiger partial charge in [-0.05, 0) is 29.8 Å². The molecule has 0 heterocycles. The highest BCUT2D eigenvalue weighted by Crippen LogP contribution is 2.29. The minimum Gasteiger partial charge on any atom is -0.495 e. The van der Waals surface area contributed by atoms with Crippen molar-refractivity contribution in [3.63, 3.8) is 0 Å². The third-order valence-electron chi connectivity index (χ3n) is 3.99. The summed E-state index contributed by atoms with van der Waals surface area (Å²) in [6.07, 6.45) is 0. The molecule has 3 rings (SSSR count). The molecule has 0 unspecified atom stereocenters. The predicted molar refractivity (Wildman–Crippen MR) is 105 cm³/mol. The van der Waals surface area contributed by atoms with E-state index in [1.807, 2.05) is 30.3 Å². The van der Waals surface area contributed by atoms with Crippen LogP contribution < -0.4 is 14.8 Å². The van der Waals surface area contributed by atoms with Gasteiger partial charge < -0.3 is 14.8 Å². The van der Waals surface area contributed by atoms with Gasteiger partial charge in [-0.15, -0.1) is 0 Å². The Morgan fingerprint density at radius 2 is 1.82 bits per heavy atom. The number of anilines is 1. The Morgan fingerprint density at radius 1 is 1.04 bits per heavy atom. The molecule has 0 radical (unpaired) electrons. The normalized spacial score (nSPS) is 10.2. The molecular formula is C21H18N2O5. The van der Waals surface area contributed by atoms with E-state index in [1.54, 1.807) is 24.3 Å². The van der Waals surface area contributed by atoms with Crippen LogP contribution in [0.5, 0.6) is 11.5 Å². The van der Waals surface area contributed by atoms with E-state index in [0.717, 1.165) is 5.56 Å². The zero-order chi connectivity index (χ0) is 19.9. The van der Waals surface area contributed by atoms with Crippen molar-refractivity contribution in [3.05, 3.63) is 94.0 Å². The van der Waals surface area contributed by atoms with Gasteiger partial charge in [-0.25, -0.2) is 0 Å². The molecule has 0 aliphatic carbocycles. The first-order chi connectivity index (χ1) is 13.6. The van der Waals surface area contributed by atoms with Gasteiger partial charge in [-0.3, -0.25) is 14.9 Å². The number of carbonyl (C=O) groups excluding carboxylic acids is 1. The van der Waals surface area contributed by atoms with Crippen LogP contribution >= 0.6 is 0 Å². The average Bonchev–Trinajstić information content (AvgIpc) is 2.73. The maximum Gasteiger partial charge on any atom is 0.271 e. The Balaban J connectivity index is 1.74. The third kappa shape index (κ3) is 4.64. The first kappa shape index (κ1) is 18.9. The number of hydrogen-bond acceptors (Lipinski definition) is 5. The molecule has 0 aromatic heterocycles. The maximum atomic E-state index is 12.6. The van der Waals surface area contributed by atoms with Gasteiger partial charge in [0.05, 0.1) is 17.7 Å². The summed E-state index contributed by atoms with van der Waals surface area (Å²) in [5, 5.41) is 13.6. The van der Waals surface area contributed by atoms with Gasteiger partial charge in [0.1, 0.15) is 18.1 Å². The molecule has 0 saturated carbocycles. The molecule has 3 aromatic carbocycles. The minimum atomic E-state index is -0.535. The number of amides is 1. The number of nitrogens with zero attached hydrogens (tertiary/aromatic N) is 1. The third-order valence-corrected chi connectivity index (χ3v) is 3.99. The molecule has 0 bridgehead atoms. The highest BCUT2D eigenvalue weighted by Gasteiger charge is 2.15. The van der Waals surface area contributed by atoms with Crippen molar-refractivity contribution in [2.24, 2.45) is 0 Å². The first-order valence-electron chi connectivity index (χ1n) is 8.47. The van der Waals surface area contributed by atoms with Gasteiger partial charge in [0.15, 0.2) is 0 Å². The summed E-state index contributed by atoms with van der Waals surface area (Å²) in [4.78, 5) is 23.0. The smallest absolute Gasteiger partial charge is 0.271 e. The topological polar surface area (TPSA) is 90.7 Å². The van der Waals surface area contributed by atoms with E-state index in [4.69, 9.17) is 9.47 Å². The van der Waals surface area contributed by atoms with Crippen LogP contribution in [0.3, 0.4) is 0 Å². The molecule has 0 fully saturated rings. The largest absolute Gasteiger partial charge is 0.495 e. The lowest BCUT2D eigenvalue weighted by Gasteiger charge is -2.11. The summed E-state index contributed by atoms with van der Waals surface area (Å²) in [7, 11) is 1.43. The van der Waals surface area contributed by atoms with E-state index in [-0.39, 0.29) is 11.4 Å². The van der Waals surface area contributed by atoms with Crippen molar-refractivity contribution >= 4 is 17.3 Å². The number of methoxy groups -OCH3 is 1. The molecule has 1 N–H and O–H groups in total. The molecule has 0 spiro atoms. The van der Waals surface area contributed by atoms with Gasteiger partial charge in [0, 0.05) is 17.7 Å².